The molecule has 5 nitrogen and oxygen atoms in total. The third-order valence-corrected chi connectivity index (χ3v) is 4.86. The van der Waals surface area contributed by atoms with Crippen molar-refractivity contribution < 1.29 is 30.4 Å². The molecule has 0 radical (unpaired) electrons. The quantitative estimate of drug-likeness (QED) is 0.659. The highest BCUT2D eigenvalue weighted by molar-refractivity contribution is 7.89. The molecule has 0 unspecified atom stereocenters. The Morgan fingerprint density at radius 3 is 2.21 bits per heavy atom. The van der Waals surface area contributed by atoms with Crippen molar-refractivity contribution in [1.29, 1.82) is 0 Å². The largest absolute Gasteiger partial charge is 0.435 e. The molecule has 2 aromatic carbocycles. The molecule has 0 spiro atoms. The van der Waals surface area contributed by atoms with Gasteiger partial charge in [-0.05, 0) is 48.9 Å². The van der Waals surface area contributed by atoms with Gasteiger partial charge >= 0.3 is 6.18 Å². The third kappa shape index (κ3) is 3.76. The van der Waals surface area contributed by atoms with Crippen LogP contribution in [0.1, 0.15) is 11.3 Å². The number of nitrogens with two attached hydrogens (primary N) is 1. The monoisotopic (exact) mass is 417 g/mol. The normalized spacial score (nSPS) is 12.4. The number of aryl methyl sites for hydroxylation is 1. The lowest BCUT2D eigenvalue weighted by atomic mass is 10.1. The fourth-order valence-corrected chi connectivity index (χ4v) is 3.16. The molecule has 0 bridgehead atoms. The van der Waals surface area contributed by atoms with Crippen molar-refractivity contribution in [2.75, 3.05) is 0 Å². The minimum atomic E-state index is -4.78. The number of hydrogen-bond donors (Lipinski definition) is 1. The Balaban J connectivity index is 2.24. The van der Waals surface area contributed by atoms with Crippen molar-refractivity contribution in [3.05, 3.63) is 65.4 Å². The lowest BCUT2D eigenvalue weighted by Gasteiger charge is -2.10. The van der Waals surface area contributed by atoms with Gasteiger partial charge in [-0.1, -0.05) is 6.07 Å². The van der Waals surface area contributed by atoms with E-state index in [1.54, 1.807) is 0 Å². The SMILES string of the molecule is Cc1cc(-n2nc(C(F)(F)F)cc2-c2ccc(S(N)(=O)=O)c(F)c2)ccc1F. The minimum Gasteiger partial charge on any atom is -0.232 e. The summed E-state index contributed by atoms with van der Waals surface area (Å²) in [6, 6.07) is 6.93. The number of halogens is 5. The smallest absolute Gasteiger partial charge is 0.232 e. The lowest BCUT2D eigenvalue weighted by molar-refractivity contribution is -0.141. The van der Waals surface area contributed by atoms with E-state index in [4.69, 9.17) is 5.14 Å². The first kappa shape index (κ1) is 20.0. The molecule has 0 fully saturated rings. The van der Waals surface area contributed by atoms with Gasteiger partial charge in [-0.2, -0.15) is 18.3 Å². The summed E-state index contributed by atoms with van der Waals surface area (Å²) in [4.78, 5) is -0.795. The van der Waals surface area contributed by atoms with Crippen LogP contribution in [-0.4, -0.2) is 18.2 Å². The summed E-state index contributed by atoms with van der Waals surface area (Å²) in [6.45, 7) is 1.42. The molecule has 2 N–H and O–H groups in total. The molecule has 11 heteroatoms. The van der Waals surface area contributed by atoms with Gasteiger partial charge in [-0.3, -0.25) is 0 Å². The lowest BCUT2D eigenvalue weighted by Crippen LogP contribution is -2.14. The van der Waals surface area contributed by atoms with E-state index in [1.807, 2.05) is 0 Å². The fourth-order valence-electron chi connectivity index (χ4n) is 2.57. The Kier molecular flexibility index (Phi) is 4.76. The topological polar surface area (TPSA) is 78.0 Å². The van der Waals surface area contributed by atoms with Gasteiger partial charge in [-0.15, -0.1) is 0 Å². The summed E-state index contributed by atoms with van der Waals surface area (Å²) in [5.41, 5.74) is -1.21. The summed E-state index contributed by atoms with van der Waals surface area (Å²) in [7, 11) is -4.34. The van der Waals surface area contributed by atoms with Crippen LogP contribution in [0.4, 0.5) is 22.0 Å². The summed E-state index contributed by atoms with van der Waals surface area (Å²) in [5.74, 6) is -1.78. The Hall–Kier alpha value is -2.79. The first-order chi connectivity index (χ1) is 12.9. The molecule has 1 heterocycles. The van der Waals surface area contributed by atoms with Gasteiger partial charge in [0.2, 0.25) is 10.0 Å². The zero-order chi connectivity index (χ0) is 20.9. The van der Waals surface area contributed by atoms with Gasteiger partial charge in [-0.25, -0.2) is 27.0 Å². The fraction of sp³-hybridized carbons (Fsp3) is 0.118. The molecule has 3 rings (SSSR count). The zero-order valence-electron chi connectivity index (χ0n) is 14.1. The summed E-state index contributed by atoms with van der Waals surface area (Å²) >= 11 is 0. The molecule has 0 amide bonds. The number of hydrogen-bond acceptors (Lipinski definition) is 3. The standard InChI is InChI=1S/C17H12F5N3O2S/c1-9-6-11(3-4-12(9)18)25-14(8-16(24-25)17(20,21)22)10-2-5-15(13(19)7-10)28(23,26)27/h2-8H,1H3,(H2,23,26,27). The van der Waals surface area contributed by atoms with Crippen LogP contribution in [-0.2, 0) is 16.2 Å². The van der Waals surface area contributed by atoms with Gasteiger partial charge < -0.3 is 0 Å². The highest BCUT2D eigenvalue weighted by atomic mass is 32.2. The molecular formula is C17H12F5N3O2S. The molecule has 0 aliphatic heterocycles. The van der Waals surface area contributed by atoms with Crippen LogP contribution in [0.2, 0.25) is 0 Å². The second-order valence-electron chi connectivity index (χ2n) is 5.95. The maximum absolute atomic E-state index is 14.2. The van der Waals surface area contributed by atoms with Gasteiger partial charge in [0, 0.05) is 5.56 Å². The first-order valence-corrected chi connectivity index (χ1v) is 9.19. The maximum atomic E-state index is 14.2. The molecule has 0 aliphatic carbocycles. The average molecular weight is 417 g/mol. The number of alkyl halides is 3. The zero-order valence-corrected chi connectivity index (χ0v) is 14.9. The predicted octanol–water partition coefficient (Wildman–Crippen LogP) is 3.79. The van der Waals surface area contributed by atoms with Crippen LogP contribution >= 0.6 is 0 Å². The van der Waals surface area contributed by atoms with Crippen molar-refractivity contribution in [1.82, 2.24) is 9.78 Å². The number of nitrogens with zero attached hydrogens (tertiary/aromatic N) is 2. The number of primary sulfonamides is 1. The van der Waals surface area contributed by atoms with E-state index in [0.29, 0.717) is 6.07 Å². The molecule has 0 saturated carbocycles. The Labute approximate surface area is 156 Å². The highest BCUT2D eigenvalue weighted by Gasteiger charge is 2.35. The van der Waals surface area contributed by atoms with Crippen LogP contribution in [0.3, 0.4) is 0 Å². The molecule has 28 heavy (non-hydrogen) atoms. The van der Waals surface area contributed by atoms with Crippen molar-refractivity contribution in [3.8, 4) is 16.9 Å². The van der Waals surface area contributed by atoms with Crippen LogP contribution < -0.4 is 5.14 Å². The van der Waals surface area contributed by atoms with E-state index in [0.717, 1.165) is 28.9 Å². The minimum absolute atomic E-state index is 0.0742. The van der Waals surface area contributed by atoms with Crippen LogP contribution in [0.15, 0.2) is 47.4 Å². The van der Waals surface area contributed by atoms with E-state index >= 15 is 0 Å². The number of benzene rings is 2. The van der Waals surface area contributed by atoms with Crippen molar-refractivity contribution in [2.24, 2.45) is 5.14 Å². The predicted molar refractivity (Wildman–Crippen MR) is 90.0 cm³/mol. The molecule has 3 aromatic rings. The van der Waals surface area contributed by atoms with Crippen LogP contribution in [0.25, 0.3) is 16.9 Å². The van der Waals surface area contributed by atoms with E-state index < -0.39 is 38.4 Å². The molecule has 148 valence electrons. The van der Waals surface area contributed by atoms with Crippen molar-refractivity contribution in [2.45, 2.75) is 18.0 Å². The van der Waals surface area contributed by atoms with E-state index in [2.05, 4.69) is 5.10 Å². The molecular weight excluding hydrogens is 405 g/mol. The number of aromatic nitrogens is 2. The first-order valence-electron chi connectivity index (χ1n) is 7.64. The van der Waals surface area contributed by atoms with E-state index in [-0.39, 0.29) is 22.5 Å². The molecule has 1 aromatic heterocycles. The molecule has 0 aliphatic rings. The maximum Gasteiger partial charge on any atom is 0.435 e. The van der Waals surface area contributed by atoms with Crippen molar-refractivity contribution in [3.63, 3.8) is 0 Å². The van der Waals surface area contributed by atoms with Crippen molar-refractivity contribution >= 4 is 10.0 Å². The third-order valence-electron chi connectivity index (χ3n) is 3.92. The van der Waals surface area contributed by atoms with E-state index in [9.17, 15) is 30.4 Å². The second kappa shape index (κ2) is 6.67. The van der Waals surface area contributed by atoms with Gasteiger partial charge in [0.05, 0.1) is 11.4 Å². The summed E-state index contributed by atoms with van der Waals surface area (Å²) in [6.07, 6.45) is -4.78. The van der Waals surface area contributed by atoms with Crippen LogP contribution in [0.5, 0.6) is 0 Å². The summed E-state index contributed by atoms with van der Waals surface area (Å²) < 4.78 is 90.7. The Morgan fingerprint density at radius 1 is 1.00 bits per heavy atom. The van der Waals surface area contributed by atoms with Gasteiger partial charge in [0.1, 0.15) is 16.5 Å². The molecule has 0 saturated heterocycles. The second-order valence-corrected chi connectivity index (χ2v) is 7.48. The number of sulfonamides is 1. The average Bonchev–Trinajstić information content (AvgIpc) is 3.01. The van der Waals surface area contributed by atoms with Gasteiger partial charge in [0.15, 0.2) is 5.69 Å². The Morgan fingerprint density at radius 2 is 1.68 bits per heavy atom. The van der Waals surface area contributed by atoms with Crippen LogP contribution in [0, 0.1) is 18.6 Å². The highest BCUT2D eigenvalue weighted by Crippen LogP contribution is 2.34. The Bertz CT molecular complexity index is 1170. The van der Waals surface area contributed by atoms with Gasteiger partial charge in [0.25, 0.3) is 0 Å². The van der Waals surface area contributed by atoms with E-state index in [1.165, 1.54) is 19.1 Å². The molecule has 0 atom stereocenters. The number of rotatable bonds is 3. The summed E-state index contributed by atoms with van der Waals surface area (Å²) in [5, 5.41) is 8.39.